The highest BCUT2D eigenvalue weighted by molar-refractivity contribution is 5.99. The van der Waals surface area contributed by atoms with E-state index >= 15 is 0 Å². The molecular formula is C15H19NO4. The number of carboxylic acid groups (broad SMARTS) is 1. The van der Waals surface area contributed by atoms with Crippen molar-refractivity contribution < 1.29 is 19.4 Å². The molecular weight excluding hydrogens is 258 g/mol. The Hall–Kier alpha value is -1.88. The van der Waals surface area contributed by atoms with Crippen molar-refractivity contribution in [1.29, 1.82) is 0 Å². The number of carbonyl (C=O) groups excluding carboxylic acids is 1. The molecule has 0 saturated carbocycles. The van der Waals surface area contributed by atoms with Gasteiger partial charge in [0.25, 0.3) is 5.91 Å². The van der Waals surface area contributed by atoms with E-state index in [0.717, 1.165) is 16.7 Å². The summed E-state index contributed by atoms with van der Waals surface area (Å²) in [6.45, 7) is 6.46. The topological polar surface area (TPSA) is 66.8 Å². The van der Waals surface area contributed by atoms with Crippen molar-refractivity contribution in [2.24, 2.45) is 0 Å². The van der Waals surface area contributed by atoms with E-state index in [2.05, 4.69) is 0 Å². The Morgan fingerprint density at radius 3 is 2.40 bits per heavy atom. The van der Waals surface area contributed by atoms with Crippen LogP contribution in [0, 0.1) is 20.8 Å². The van der Waals surface area contributed by atoms with Crippen molar-refractivity contribution in [2.75, 3.05) is 19.8 Å². The lowest BCUT2D eigenvalue weighted by atomic mass is 9.98. The first-order valence-electron chi connectivity index (χ1n) is 6.61. The molecule has 1 aromatic rings. The van der Waals surface area contributed by atoms with E-state index in [1.807, 2.05) is 32.9 Å². The summed E-state index contributed by atoms with van der Waals surface area (Å²) in [4.78, 5) is 25.3. The number of carboxylic acids is 1. The van der Waals surface area contributed by atoms with E-state index in [9.17, 15) is 14.7 Å². The summed E-state index contributed by atoms with van der Waals surface area (Å²) in [5.74, 6) is -1.25. The van der Waals surface area contributed by atoms with Gasteiger partial charge in [0.15, 0.2) is 6.04 Å². The highest BCUT2D eigenvalue weighted by Gasteiger charge is 2.34. The third-order valence-corrected chi connectivity index (χ3v) is 3.57. The highest BCUT2D eigenvalue weighted by Crippen LogP contribution is 2.21. The zero-order valence-electron chi connectivity index (χ0n) is 12.0. The number of rotatable bonds is 2. The summed E-state index contributed by atoms with van der Waals surface area (Å²) in [7, 11) is 0. The quantitative estimate of drug-likeness (QED) is 0.890. The molecule has 20 heavy (non-hydrogen) atoms. The van der Waals surface area contributed by atoms with Gasteiger partial charge in [-0.15, -0.1) is 0 Å². The lowest BCUT2D eigenvalue weighted by Crippen LogP contribution is -2.52. The minimum atomic E-state index is -1.03. The lowest BCUT2D eigenvalue weighted by molar-refractivity contribution is -0.147. The van der Waals surface area contributed by atoms with E-state index in [1.54, 1.807) is 0 Å². The molecule has 1 heterocycles. The number of hydrogen-bond donors (Lipinski definition) is 1. The number of hydrogen-bond acceptors (Lipinski definition) is 3. The molecule has 1 saturated heterocycles. The van der Waals surface area contributed by atoms with Crippen LogP contribution in [0.4, 0.5) is 0 Å². The number of aryl methyl sites for hydroxylation is 3. The van der Waals surface area contributed by atoms with Crippen molar-refractivity contribution >= 4 is 11.9 Å². The first-order valence-corrected chi connectivity index (χ1v) is 6.61. The molecule has 1 aromatic carbocycles. The molecule has 5 nitrogen and oxygen atoms in total. The standard InChI is InChI=1S/C15H19NO4/c1-9-6-10(2)13(11(3)7-9)14(17)16-4-5-20-8-12(16)15(18)19/h6-7,12H,4-5,8H2,1-3H3,(H,18,19). The molecule has 1 aliphatic heterocycles. The van der Waals surface area contributed by atoms with Gasteiger partial charge in [-0.2, -0.15) is 0 Å². The molecule has 0 aromatic heterocycles. The molecule has 1 fully saturated rings. The van der Waals surface area contributed by atoms with Crippen molar-refractivity contribution in [2.45, 2.75) is 26.8 Å². The maximum Gasteiger partial charge on any atom is 0.328 e. The zero-order valence-corrected chi connectivity index (χ0v) is 12.0. The van der Waals surface area contributed by atoms with Gasteiger partial charge in [-0.1, -0.05) is 17.7 Å². The minimum absolute atomic E-state index is 0.0467. The first kappa shape index (κ1) is 14.5. The Bertz CT molecular complexity index is 530. The average molecular weight is 277 g/mol. The SMILES string of the molecule is Cc1cc(C)c(C(=O)N2CCOCC2C(=O)O)c(C)c1. The molecule has 1 amide bonds. The van der Waals surface area contributed by atoms with Gasteiger partial charge in [0.2, 0.25) is 0 Å². The Morgan fingerprint density at radius 2 is 1.85 bits per heavy atom. The lowest BCUT2D eigenvalue weighted by Gasteiger charge is -2.33. The van der Waals surface area contributed by atoms with Crippen molar-refractivity contribution in [3.05, 3.63) is 34.4 Å². The molecule has 0 bridgehead atoms. The van der Waals surface area contributed by atoms with Crippen LogP contribution in [0.25, 0.3) is 0 Å². The number of aliphatic carboxylic acids is 1. The van der Waals surface area contributed by atoms with E-state index in [4.69, 9.17) is 4.74 Å². The summed E-state index contributed by atoms with van der Waals surface area (Å²) in [5, 5.41) is 9.21. The largest absolute Gasteiger partial charge is 0.480 e. The van der Waals surface area contributed by atoms with Crippen molar-refractivity contribution in [3.63, 3.8) is 0 Å². The summed E-state index contributed by atoms with van der Waals surface area (Å²) < 4.78 is 5.16. The van der Waals surface area contributed by atoms with Gasteiger partial charge < -0.3 is 14.7 Å². The highest BCUT2D eigenvalue weighted by atomic mass is 16.5. The molecule has 2 rings (SSSR count). The molecule has 1 unspecified atom stereocenters. The van der Waals surface area contributed by atoms with Crippen LogP contribution in [-0.4, -0.2) is 47.7 Å². The maximum atomic E-state index is 12.7. The summed E-state index contributed by atoms with van der Waals surface area (Å²) in [5.41, 5.74) is 3.45. The van der Waals surface area contributed by atoms with Crippen LogP contribution in [0.5, 0.6) is 0 Å². The smallest absolute Gasteiger partial charge is 0.328 e. The van der Waals surface area contributed by atoms with Gasteiger partial charge in [-0.05, 0) is 31.9 Å². The predicted octanol–water partition coefficient (Wildman–Crippen LogP) is 1.54. The fourth-order valence-electron chi connectivity index (χ4n) is 2.71. The van der Waals surface area contributed by atoms with Gasteiger partial charge in [0.05, 0.1) is 13.2 Å². The summed E-state index contributed by atoms with van der Waals surface area (Å²) in [6.07, 6.45) is 0. The number of carbonyl (C=O) groups is 2. The molecule has 1 atom stereocenters. The Morgan fingerprint density at radius 1 is 1.25 bits per heavy atom. The van der Waals surface area contributed by atoms with E-state index in [-0.39, 0.29) is 12.5 Å². The van der Waals surface area contributed by atoms with Crippen LogP contribution in [0.15, 0.2) is 12.1 Å². The van der Waals surface area contributed by atoms with Crippen molar-refractivity contribution in [1.82, 2.24) is 4.90 Å². The van der Waals surface area contributed by atoms with Crippen LogP contribution in [0.3, 0.4) is 0 Å². The second kappa shape index (κ2) is 5.63. The van der Waals surface area contributed by atoms with Gasteiger partial charge in [-0.3, -0.25) is 4.79 Å². The number of benzene rings is 1. The minimum Gasteiger partial charge on any atom is -0.480 e. The number of morpholine rings is 1. The monoisotopic (exact) mass is 277 g/mol. The summed E-state index contributed by atoms with van der Waals surface area (Å²) in [6, 6.07) is 2.98. The number of amides is 1. The molecule has 0 radical (unpaired) electrons. The van der Waals surface area contributed by atoms with Gasteiger partial charge >= 0.3 is 5.97 Å². The second-order valence-electron chi connectivity index (χ2n) is 5.20. The Balaban J connectivity index is 2.37. The molecule has 0 aliphatic carbocycles. The van der Waals surface area contributed by atoms with Crippen LogP contribution < -0.4 is 0 Å². The Labute approximate surface area is 118 Å². The Kier molecular flexibility index (Phi) is 4.09. The normalized spacial score (nSPS) is 18.9. The van der Waals surface area contributed by atoms with E-state index < -0.39 is 12.0 Å². The fraction of sp³-hybridized carbons (Fsp3) is 0.467. The van der Waals surface area contributed by atoms with E-state index in [1.165, 1.54) is 4.90 Å². The maximum absolute atomic E-state index is 12.7. The third-order valence-electron chi connectivity index (χ3n) is 3.57. The van der Waals surface area contributed by atoms with Crippen molar-refractivity contribution in [3.8, 4) is 0 Å². The fourth-order valence-corrected chi connectivity index (χ4v) is 2.71. The third kappa shape index (κ3) is 2.67. The van der Waals surface area contributed by atoms with Crippen LogP contribution in [0.2, 0.25) is 0 Å². The van der Waals surface area contributed by atoms with Crippen LogP contribution in [-0.2, 0) is 9.53 Å². The van der Waals surface area contributed by atoms with E-state index in [0.29, 0.717) is 18.7 Å². The summed E-state index contributed by atoms with van der Waals surface area (Å²) >= 11 is 0. The second-order valence-corrected chi connectivity index (χ2v) is 5.20. The molecule has 1 aliphatic rings. The molecule has 108 valence electrons. The van der Waals surface area contributed by atoms with Gasteiger partial charge in [0, 0.05) is 12.1 Å². The average Bonchev–Trinajstić information content (AvgIpc) is 2.37. The zero-order chi connectivity index (χ0) is 14.9. The molecule has 1 N–H and O–H groups in total. The molecule has 0 spiro atoms. The number of ether oxygens (including phenoxy) is 1. The number of nitrogens with zero attached hydrogens (tertiary/aromatic N) is 1. The predicted molar refractivity (Wildman–Crippen MR) is 73.9 cm³/mol. The van der Waals surface area contributed by atoms with Gasteiger partial charge in [0.1, 0.15) is 0 Å². The van der Waals surface area contributed by atoms with Gasteiger partial charge in [-0.25, -0.2) is 4.79 Å². The van der Waals surface area contributed by atoms with Crippen LogP contribution >= 0.6 is 0 Å². The molecule has 5 heteroatoms. The first-order chi connectivity index (χ1) is 9.41. The van der Waals surface area contributed by atoms with Crippen LogP contribution in [0.1, 0.15) is 27.0 Å².